The summed E-state index contributed by atoms with van der Waals surface area (Å²) < 4.78 is 1.82. The van der Waals surface area contributed by atoms with E-state index in [1.807, 2.05) is 41.8 Å². The van der Waals surface area contributed by atoms with E-state index >= 15 is 0 Å². The summed E-state index contributed by atoms with van der Waals surface area (Å²) in [6.07, 6.45) is 3.65. The zero-order valence-electron chi connectivity index (χ0n) is 15.3. The van der Waals surface area contributed by atoms with Crippen LogP contribution >= 0.6 is 0 Å². The first-order valence-corrected chi connectivity index (χ1v) is 9.23. The second-order valence-electron chi connectivity index (χ2n) is 7.04. The summed E-state index contributed by atoms with van der Waals surface area (Å²) in [5, 5.41) is 9.74. The number of aromatic nitrogens is 3. The quantitative estimate of drug-likeness (QED) is 0.719. The fraction of sp³-hybridized carbons (Fsp3) is 0.333. The first kappa shape index (κ1) is 17.2. The smallest absolute Gasteiger partial charge is 0.261 e. The Balaban J connectivity index is 1.49. The number of hydrogen-bond acceptors (Lipinski definition) is 5. The van der Waals surface area contributed by atoms with Gasteiger partial charge in [-0.3, -0.25) is 9.36 Å². The highest BCUT2D eigenvalue weighted by Crippen LogP contribution is 2.23. The maximum absolute atomic E-state index is 12.9. The predicted molar refractivity (Wildman–Crippen MR) is 105 cm³/mol. The Morgan fingerprint density at radius 3 is 2.78 bits per heavy atom. The Bertz CT molecular complexity index is 1070. The molecule has 0 N–H and O–H groups in total. The van der Waals surface area contributed by atoms with Crippen molar-refractivity contribution in [3.8, 4) is 6.07 Å². The van der Waals surface area contributed by atoms with Gasteiger partial charge in [0.25, 0.3) is 5.56 Å². The van der Waals surface area contributed by atoms with E-state index in [1.165, 1.54) is 0 Å². The fourth-order valence-electron chi connectivity index (χ4n) is 3.76. The summed E-state index contributed by atoms with van der Waals surface area (Å²) in [5.74, 6) is 2.05. The van der Waals surface area contributed by atoms with Crippen LogP contribution in [0.25, 0.3) is 10.9 Å². The lowest BCUT2D eigenvalue weighted by Gasteiger charge is -2.33. The molecule has 1 aromatic carbocycles. The van der Waals surface area contributed by atoms with Crippen molar-refractivity contribution in [1.29, 1.82) is 5.26 Å². The van der Waals surface area contributed by atoms with Crippen molar-refractivity contribution in [2.45, 2.75) is 26.3 Å². The van der Waals surface area contributed by atoms with Crippen molar-refractivity contribution in [1.82, 2.24) is 14.5 Å². The van der Waals surface area contributed by atoms with Crippen LogP contribution in [0, 0.1) is 24.2 Å². The van der Waals surface area contributed by atoms with E-state index in [4.69, 9.17) is 5.26 Å². The number of rotatable bonds is 3. The molecule has 0 spiro atoms. The first-order valence-electron chi connectivity index (χ1n) is 9.23. The lowest BCUT2D eigenvalue weighted by Crippen LogP contribution is -2.37. The van der Waals surface area contributed by atoms with Gasteiger partial charge in [0.2, 0.25) is 0 Å². The molecule has 0 bridgehead atoms. The molecule has 6 nitrogen and oxygen atoms in total. The Morgan fingerprint density at radius 1 is 1.22 bits per heavy atom. The van der Waals surface area contributed by atoms with Crippen molar-refractivity contribution in [2.75, 3.05) is 18.0 Å². The molecule has 0 radical (unpaired) electrons. The summed E-state index contributed by atoms with van der Waals surface area (Å²) >= 11 is 0. The number of piperidine rings is 1. The van der Waals surface area contributed by atoms with Gasteiger partial charge in [0.1, 0.15) is 11.6 Å². The van der Waals surface area contributed by atoms with Crippen LogP contribution in [0.4, 0.5) is 5.82 Å². The second kappa shape index (κ2) is 7.20. The van der Waals surface area contributed by atoms with Gasteiger partial charge in [-0.25, -0.2) is 9.97 Å². The number of fused-ring (bicyclic) bond motifs is 1. The van der Waals surface area contributed by atoms with Gasteiger partial charge in [-0.1, -0.05) is 12.1 Å². The number of benzene rings is 1. The van der Waals surface area contributed by atoms with Crippen LogP contribution in [0.1, 0.15) is 24.2 Å². The van der Waals surface area contributed by atoms with Crippen molar-refractivity contribution in [3.63, 3.8) is 0 Å². The van der Waals surface area contributed by atoms with Crippen LogP contribution in [0.5, 0.6) is 0 Å². The molecule has 0 amide bonds. The number of hydrogen-bond donors (Lipinski definition) is 0. The molecule has 6 heteroatoms. The number of para-hydroxylation sites is 1. The summed E-state index contributed by atoms with van der Waals surface area (Å²) in [4.78, 5) is 24.1. The van der Waals surface area contributed by atoms with Gasteiger partial charge in [-0.15, -0.1) is 0 Å². The molecular formula is C21H21N5O. The summed E-state index contributed by atoms with van der Waals surface area (Å²) in [6, 6.07) is 13.2. The first-order chi connectivity index (χ1) is 13.2. The van der Waals surface area contributed by atoms with E-state index < -0.39 is 0 Å². The van der Waals surface area contributed by atoms with E-state index in [9.17, 15) is 4.79 Å². The Hall–Kier alpha value is -3.20. The Kier molecular flexibility index (Phi) is 4.59. The predicted octanol–water partition coefficient (Wildman–Crippen LogP) is 2.89. The molecule has 0 atom stereocenters. The third kappa shape index (κ3) is 3.41. The van der Waals surface area contributed by atoms with Gasteiger partial charge in [0, 0.05) is 25.8 Å². The number of anilines is 1. The average Bonchev–Trinajstić information content (AvgIpc) is 2.71. The molecular weight excluding hydrogens is 338 g/mol. The van der Waals surface area contributed by atoms with Crippen LogP contribution in [0.15, 0.2) is 47.4 Å². The molecule has 0 saturated carbocycles. The Morgan fingerprint density at radius 2 is 2.00 bits per heavy atom. The number of pyridine rings is 1. The largest absolute Gasteiger partial charge is 0.357 e. The minimum absolute atomic E-state index is 0.0453. The average molecular weight is 359 g/mol. The third-order valence-electron chi connectivity index (χ3n) is 5.31. The highest BCUT2D eigenvalue weighted by Gasteiger charge is 2.22. The highest BCUT2D eigenvalue weighted by atomic mass is 16.1. The second-order valence-corrected chi connectivity index (χ2v) is 7.04. The normalized spacial score (nSPS) is 15.0. The molecule has 0 unspecified atom stereocenters. The maximum atomic E-state index is 12.9. The van der Waals surface area contributed by atoms with Gasteiger partial charge in [-0.05, 0) is 49.9 Å². The monoisotopic (exact) mass is 359 g/mol. The van der Waals surface area contributed by atoms with E-state index in [-0.39, 0.29) is 5.56 Å². The summed E-state index contributed by atoms with van der Waals surface area (Å²) in [7, 11) is 0. The van der Waals surface area contributed by atoms with Crippen LogP contribution in [-0.2, 0) is 6.54 Å². The van der Waals surface area contributed by atoms with Crippen molar-refractivity contribution < 1.29 is 0 Å². The fourth-order valence-corrected chi connectivity index (χ4v) is 3.76. The van der Waals surface area contributed by atoms with Gasteiger partial charge in [-0.2, -0.15) is 5.26 Å². The summed E-state index contributed by atoms with van der Waals surface area (Å²) in [6.45, 7) is 4.35. The molecule has 136 valence electrons. The molecule has 3 heterocycles. The van der Waals surface area contributed by atoms with E-state index in [1.54, 1.807) is 12.3 Å². The number of aryl methyl sites for hydroxylation is 1. The maximum Gasteiger partial charge on any atom is 0.261 e. The number of nitriles is 1. The number of nitrogens with zero attached hydrogens (tertiary/aromatic N) is 5. The van der Waals surface area contributed by atoms with Gasteiger partial charge < -0.3 is 4.90 Å². The molecule has 0 aliphatic carbocycles. The van der Waals surface area contributed by atoms with Crippen LogP contribution < -0.4 is 10.5 Å². The lowest BCUT2D eigenvalue weighted by molar-refractivity contribution is 0.348. The van der Waals surface area contributed by atoms with E-state index in [2.05, 4.69) is 20.9 Å². The molecule has 1 saturated heterocycles. The van der Waals surface area contributed by atoms with Gasteiger partial charge >= 0.3 is 0 Å². The van der Waals surface area contributed by atoms with Crippen LogP contribution in [0.3, 0.4) is 0 Å². The molecule has 3 aromatic rings. The lowest BCUT2D eigenvalue weighted by atomic mass is 9.96. The molecule has 1 fully saturated rings. The van der Waals surface area contributed by atoms with Crippen molar-refractivity contribution in [2.24, 2.45) is 5.92 Å². The molecule has 27 heavy (non-hydrogen) atoms. The van der Waals surface area contributed by atoms with Gasteiger partial charge in [0.05, 0.1) is 22.5 Å². The van der Waals surface area contributed by atoms with Crippen LogP contribution in [-0.4, -0.2) is 27.6 Å². The standard InChI is InChI=1S/C21H21N5O/c1-15-24-19-5-3-2-4-18(19)21(27)26(15)14-16-7-10-25(11-8-16)20-12-17(13-22)6-9-23-20/h2-6,9,12,16H,7-8,10-11,14H2,1H3. The third-order valence-corrected chi connectivity index (χ3v) is 5.31. The molecule has 2 aromatic heterocycles. The zero-order valence-corrected chi connectivity index (χ0v) is 15.3. The Labute approximate surface area is 157 Å². The van der Waals surface area contributed by atoms with Crippen molar-refractivity contribution in [3.05, 3.63) is 64.3 Å². The molecule has 1 aliphatic heterocycles. The SMILES string of the molecule is Cc1nc2ccccc2c(=O)n1CC1CCN(c2cc(C#N)ccn2)CC1. The zero-order chi connectivity index (χ0) is 18.8. The van der Waals surface area contributed by atoms with Crippen LogP contribution in [0.2, 0.25) is 0 Å². The minimum Gasteiger partial charge on any atom is -0.357 e. The van der Waals surface area contributed by atoms with Gasteiger partial charge in [0.15, 0.2) is 0 Å². The van der Waals surface area contributed by atoms with E-state index in [0.29, 0.717) is 23.4 Å². The molecule has 1 aliphatic rings. The van der Waals surface area contributed by atoms with E-state index in [0.717, 1.165) is 43.1 Å². The summed E-state index contributed by atoms with van der Waals surface area (Å²) in [5.41, 5.74) is 1.44. The highest BCUT2D eigenvalue weighted by molar-refractivity contribution is 5.77. The minimum atomic E-state index is 0.0453. The molecule has 4 rings (SSSR count). The van der Waals surface area contributed by atoms with Crippen molar-refractivity contribution >= 4 is 16.7 Å². The topological polar surface area (TPSA) is 74.8 Å².